The SMILES string of the molecule is COC(=O)C(Br)=C(Br)[N+](=O)[O-]. The monoisotopic (exact) mass is 287 g/mol. The van der Waals surface area contributed by atoms with Gasteiger partial charge in [-0.15, -0.1) is 0 Å². The Morgan fingerprint density at radius 1 is 1.55 bits per heavy atom. The summed E-state index contributed by atoms with van der Waals surface area (Å²) in [6.07, 6.45) is 0. The van der Waals surface area contributed by atoms with Crippen LogP contribution >= 0.6 is 31.9 Å². The van der Waals surface area contributed by atoms with Crippen molar-refractivity contribution in [2.24, 2.45) is 0 Å². The van der Waals surface area contributed by atoms with Gasteiger partial charge in [0.05, 0.1) is 12.0 Å². The van der Waals surface area contributed by atoms with Gasteiger partial charge in [0.1, 0.15) is 0 Å². The highest BCUT2D eigenvalue weighted by molar-refractivity contribution is 9.14. The Kier molecular flexibility index (Phi) is 4.27. The molecule has 0 rings (SSSR count). The minimum absolute atomic E-state index is 0.245. The van der Waals surface area contributed by atoms with E-state index in [1.807, 2.05) is 0 Å². The molecule has 62 valence electrons. The maximum absolute atomic E-state index is 10.6. The molecule has 0 radical (unpaired) electrons. The fourth-order valence-electron chi connectivity index (χ4n) is 0.254. The van der Waals surface area contributed by atoms with Gasteiger partial charge in [0.2, 0.25) is 0 Å². The van der Waals surface area contributed by atoms with Crippen molar-refractivity contribution >= 4 is 37.8 Å². The van der Waals surface area contributed by atoms with Crippen molar-refractivity contribution in [3.63, 3.8) is 0 Å². The molecule has 0 saturated carbocycles. The maximum atomic E-state index is 10.6. The molecule has 0 aromatic rings. The van der Waals surface area contributed by atoms with Gasteiger partial charge >= 0.3 is 10.6 Å². The Morgan fingerprint density at radius 2 is 2.00 bits per heavy atom. The summed E-state index contributed by atoms with van der Waals surface area (Å²) >= 11 is 5.27. The van der Waals surface area contributed by atoms with Crippen LogP contribution in [0.1, 0.15) is 0 Å². The van der Waals surface area contributed by atoms with Crippen LogP contribution in [-0.2, 0) is 9.53 Å². The highest BCUT2D eigenvalue weighted by Gasteiger charge is 2.19. The van der Waals surface area contributed by atoms with Crippen molar-refractivity contribution in [3.8, 4) is 0 Å². The maximum Gasteiger partial charge on any atom is 0.352 e. The molecule has 0 spiro atoms. The van der Waals surface area contributed by atoms with Crippen molar-refractivity contribution in [2.75, 3.05) is 7.11 Å². The zero-order valence-electron chi connectivity index (χ0n) is 5.34. The Balaban J connectivity index is 4.66. The minimum atomic E-state index is -0.798. The van der Waals surface area contributed by atoms with E-state index in [2.05, 4.69) is 36.6 Å². The highest BCUT2D eigenvalue weighted by atomic mass is 79.9. The van der Waals surface area contributed by atoms with Crippen LogP contribution in [-0.4, -0.2) is 18.0 Å². The number of ether oxygens (including phenoxy) is 1. The average Bonchev–Trinajstić information content (AvgIpc) is 2.00. The molecule has 0 fully saturated rings. The smallest absolute Gasteiger partial charge is 0.352 e. The van der Waals surface area contributed by atoms with Crippen molar-refractivity contribution in [2.45, 2.75) is 0 Å². The first-order valence-electron chi connectivity index (χ1n) is 2.28. The molecule has 0 N–H and O–H groups in total. The van der Waals surface area contributed by atoms with Crippen LogP contribution in [0, 0.1) is 10.1 Å². The molecular formula is C4H3Br2NO4. The molecule has 0 unspecified atom stereocenters. The molecule has 7 heteroatoms. The number of methoxy groups -OCH3 is 1. The summed E-state index contributed by atoms with van der Waals surface area (Å²) in [5.41, 5.74) is 0. The second-order valence-electron chi connectivity index (χ2n) is 1.35. The van der Waals surface area contributed by atoms with Crippen molar-refractivity contribution < 1.29 is 14.5 Å². The topological polar surface area (TPSA) is 69.4 Å². The van der Waals surface area contributed by atoms with Crippen LogP contribution in [0.5, 0.6) is 0 Å². The Hall–Kier alpha value is -0.430. The van der Waals surface area contributed by atoms with Gasteiger partial charge in [0.15, 0.2) is 4.48 Å². The van der Waals surface area contributed by atoms with E-state index in [4.69, 9.17) is 0 Å². The standard InChI is InChI=1S/C4H3Br2NO4/c1-11-4(8)2(5)3(6)7(9)10/h1H3. The summed E-state index contributed by atoms with van der Waals surface area (Å²) in [5, 5.41) is 10.0. The normalized spacial score (nSPS) is 11.9. The van der Waals surface area contributed by atoms with Gasteiger partial charge in [-0.2, -0.15) is 0 Å². The molecule has 0 amide bonds. The Bertz CT molecular complexity index is 224. The largest absolute Gasteiger partial charge is 0.465 e. The second-order valence-corrected chi connectivity index (χ2v) is 2.90. The Labute approximate surface area is 78.8 Å². The van der Waals surface area contributed by atoms with E-state index in [0.717, 1.165) is 7.11 Å². The van der Waals surface area contributed by atoms with E-state index in [-0.39, 0.29) is 4.48 Å². The van der Waals surface area contributed by atoms with Gasteiger partial charge < -0.3 is 4.74 Å². The van der Waals surface area contributed by atoms with Crippen LogP contribution in [0.3, 0.4) is 0 Å². The predicted octanol–water partition coefficient (Wildman–Crippen LogP) is 1.40. The van der Waals surface area contributed by atoms with Gasteiger partial charge in [-0.3, -0.25) is 10.1 Å². The third-order valence-electron chi connectivity index (χ3n) is 0.706. The molecule has 0 aliphatic heterocycles. The van der Waals surface area contributed by atoms with Gasteiger partial charge in [-0.1, -0.05) is 0 Å². The van der Waals surface area contributed by atoms with E-state index in [1.54, 1.807) is 0 Å². The summed E-state index contributed by atoms with van der Waals surface area (Å²) in [5.74, 6) is -0.798. The number of esters is 1. The van der Waals surface area contributed by atoms with Crippen molar-refractivity contribution in [3.05, 3.63) is 19.2 Å². The van der Waals surface area contributed by atoms with Gasteiger partial charge in [0.25, 0.3) is 0 Å². The number of hydrogen-bond donors (Lipinski definition) is 0. The summed E-state index contributed by atoms with van der Waals surface area (Å²) in [7, 11) is 1.13. The fraction of sp³-hybridized carbons (Fsp3) is 0.250. The number of carbonyl (C=O) groups excluding carboxylic acids is 1. The van der Waals surface area contributed by atoms with Gasteiger partial charge in [-0.05, 0) is 15.9 Å². The van der Waals surface area contributed by atoms with Gasteiger partial charge in [-0.25, -0.2) is 4.79 Å². The number of hydrogen-bond acceptors (Lipinski definition) is 4. The summed E-state index contributed by atoms with van der Waals surface area (Å²) in [6, 6.07) is 0. The van der Waals surface area contributed by atoms with E-state index in [0.29, 0.717) is 0 Å². The number of carbonyl (C=O) groups is 1. The van der Waals surface area contributed by atoms with E-state index >= 15 is 0 Å². The zero-order valence-corrected chi connectivity index (χ0v) is 8.51. The lowest BCUT2D eigenvalue weighted by atomic mass is 10.6. The van der Waals surface area contributed by atoms with Crippen LogP contribution < -0.4 is 0 Å². The van der Waals surface area contributed by atoms with E-state index < -0.39 is 15.5 Å². The highest BCUT2D eigenvalue weighted by Crippen LogP contribution is 2.19. The number of nitro groups is 1. The van der Waals surface area contributed by atoms with Crippen LogP contribution in [0.15, 0.2) is 9.09 Å². The molecule has 11 heavy (non-hydrogen) atoms. The lowest BCUT2D eigenvalue weighted by Crippen LogP contribution is -2.04. The quantitative estimate of drug-likeness (QED) is 0.253. The van der Waals surface area contributed by atoms with Crippen molar-refractivity contribution in [1.29, 1.82) is 0 Å². The summed E-state index contributed by atoms with van der Waals surface area (Å²) < 4.78 is 3.51. The lowest BCUT2D eigenvalue weighted by Gasteiger charge is -1.94. The van der Waals surface area contributed by atoms with Crippen LogP contribution in [0.2, 0.25) is 0 Å². The fourth-order valence-corrected chi connectivity index (χ4v) is 0.722. The number of rotatable bonds is 2. The summed E-state index contributed by atoms with van der Waals surface area (Å²) in [6.45, 7) is 0. The van der Waals surface area contributed by atoms with E-state index in [1.165, 1.54) is 0 Å². The van der Waals surface area contributed by atoms with Crippen LogP contribution in [0.25, 0.3) is 0 Å². The van der Waals surface area contributed by atoms with Crippen molar-refractivity contribution in [1.82, 2.24) is 0 Å². The first kappa shape index (κ1) is 10.6. The molecule has 0 aliphatic carbocycles. The minimum Gasteiger partial charge on any atom is -0.465 e. The molecule has 0 aromatic heterocycles. The zero-order chi connectivity index (χ0) is 9.02. The predicted molar refractivity (Wildman–Crippen MR) is 43.9 cm³/mol. The molecule has 0 aromatic carbocycles. The molecule has 0 saturated heterocycles. The lowest BCUT2D eigenvalue weighted by molar-refractivity contribution is -0.409. The number of halogens is 2. The summed E-state index contributed by atoms with van der Waals surface area (Å²) in [4.78, 5) is 19.9. The number of nitrogens with zero attached hydrogens (tertiary/aromatic N) is 1. The molecule has 0 aliphatic rings. The Morgan fingerprint density at radius 3 is 2.27 bits per heavy atom. The first-order valence-corrected chi connectivity index (χ1v) is 3.87. The first-order chi connectivity index (χ1) is 5.00. The second kappa shape index (κ2) is 4.45. The molecule has 0 atom stereocenters. The molecule has 5 nitrogen and oxygen atoms in total. The third-order valence-corrected chi connectivity index (χ3v) is 2.62. The van der Waals surface area contributed by atoms with Gasteiger partial charge in [0, 0.05) is 15.9 Å². The molecule has 0 heterocycles. The third kappa shape index (κ3) is 2.98. The van der Waals surface area contributed by atoms with E-state index in [9.17, 15) is 14.9 Å². The van der Waals surface area contributed by atoms with Crippen LogP contribution in [0.4, 0.5) is 0 Å². The average molecular weight is 289 g/mol. The molecule has 0 bridgehead atoms. The molecular weight excluding hydrogens is 286 g/mol.